The van der Waals surface area contributed by atoms with E-state index in [1.807, 2.05) is 6.07 Å². The number of aryl methyl sites for hydroxylation is 1. The summed E-state index contributed by atoms with van der Waals surface area (Å²) in [5, 5.41) is 9.71. The first-order valence-electron chi connectivity index (χ1n) is 5.18. The number of anilines is 1. The van der Waals surface area contributed by atoms with Gasteiger partial charge in [-0.05, 0) is 20.8 Å². The average Bonchev–Trinajstić information content (AvgIpc) is 2.54. The second kappa shape index (κ2) is 5.65. The molecule has 0 spiro atoms. The van der Waals surface area contributed by atoms with Crippen molar-refractivity contribution in [3.8, 4) is 6.07 Å². The fourth-order valence-electron chi connectivity index (χ4n) is 1.50. The molecule has 1 aromatic heterocycles. The van der Waals surface area contributed by atoms with Gasteiger partial charge in [-0.3, -0.25) is 4.57 Å². The van der Waals surface area contributed by atoms with Gasteiger partial charge in [0, 0.05) is 4.88 Å². The van der Waals surface area contributed by atoms with Gasteiger partial charge in [0.05, 0.1) is 18.5 Å². The zero-order valence-corrected chi connectivity index (χ0v) is 11.7. The quantitative estimate of drug-likeness (QED) is 0.833. The molecule has 0 bridgehead atoms. The predicted molar refractivity (Wildman–Crippen MR) is 68.7 cm³/mol. The van der Waals surface area contributed by atoms with Crippen LogP contribution in [0.3, 0.4) is 0 Å². The third-order valence-electron chi connectivity index (χ3n) is 2.06. The second-order valence-corrected chi connectivity index (χ2v) is 6.41. The maximum Gasteiger partial charge on any atom is 0.363 e. The first-order valence-corrected chi connectivity index (χ1v) is 7.54. The molecule has 0 unspecified atom stereocenters. The highest BCUT2D eigenvalue weighted by atomic mass is 32.1. The van der Waals surface area contributed by atoms with Crippen LogP contribution in [0.2, 0.25) is 0 Å². The van der Waals surface area contributed by atoms with E-state index in [2.05, 4.69) is 0 Å². The standard InChI is InChI=1S/C10H15N2O3PS/c1-4-14-16(13,15-5-2)9-7(3)17-10(12)8(9)6-11/h4-5,12H2,1-3H3. The van der Waals surface area contributed by atoms with Gasteiger partial charge >= 0.3 is 7.60 Å². The molecular formula is C10H15N2O3PS. The third-order valence-corrected chi connectivity index (χ3v) is 5.45. The lowest BCUT2D eigenvalue weighted by molar-refractivity contribution is 0.230. The molecule has 17 heavy (non-hydrogen) atoms. The number of nitrogen functional groups attached to an aromatic ring is 1. The Morgan fingerprint density at radius 2 is 1.94 bits per heavy atom. The Hall–Kier alpha value is -0.860. The predicted octanol–water partition coefficient (Wildman–Crippen LogP) is 2.40. The van der Waals surface area contributed by atoms with Crippen molar-refractivity contribution in [2.45, 2.75) is 20.8 Å². The van der Waals surface area contributed by atoms with Crippen LogP contribution in [0.5, 0.6) is 0 Å². The Morgan fingerprint density at radius 3 is 2.35 bits per heavy atom. The number of nitrogens with zero attached hydrogens (tertiary/aromatic N) is 1. The average molecular weight is 274 g/mol. The van der Waals surface area contributed by atoms with Crippen LogP contribution in [-0.4, -0.2) is 13.2 Å². The van der Waals surface area contributed by atoms with Gasteiger partial charge in [-0.25, -0.2) is 0 Å². The van der Waals surface area contributed by atoms with E-state index in [0.29, 0.717) is 15.2 Å². The Kier molecular flexibility index (Phi) is 4.72. The normalized spacial score (nSPS) is 11.4. The fraction of sp³-hybridized carbons (Fsp3) is 0.500. The monoisotopic (exact) mass is 274 g/mol. The van der Waals surface area contributed by atoms with Gasteiger partial charge in [-0.2, -0.15) is 5.26 Å². The molecule has 0 atom stereocenters. The molecule has 0 fully saturated rings. The Balaban J connectivity index is 3.38. The molecule has 7 heteroatoms. The molecule has 2 N–H and O–H groups in total. The SMILES string of the molecule is CCOP(=O)(OCC)c1c(C)sc(N)c1C#N. The summed E-state index contributed by atoms with van der Waals surface area (Å²) in [5.41, 5.74) is 5.91. The summed E-state index contributed by atoms with van der Waals surface area (Å²) in [6.45, 7) is 5.70. The van der Waals surface area contributed by atoms with E-state index in [-0.39, 0.29) is 18.8 Å². The number of thiophene rings is 1. The highest BCUT2D eigenvalue weighted by Crippen LogP contribution is 2.50. The summed E-state index contributed by atoms with van der Waals surface area (Å²) >= 11 is 1.22. The summed E-state index contributed by atoms with van der Waals surface area (Å²) in [4.78, 5) is 0.698. The first kappa shape index (κ1) is 14.2. The summed E-state index contributed by atoms with van der Waals surface area (Å²) in [6.07, 6.45) is 0. The lowest BCUT2D eigenvalue weighted by Crippen LogP contribution is -2.14. The maximum absolute atomic E-state index is 12.6. The van der Waals surface area contributed by atoms with Crippen LogP contribution >= 0.6 is 18.9 Å². The van der Waals surface area contributed by atoms with E-state index >= 15 is 0 Å². The molecule has 1 aromatic rings. The number of nitriles is 1. The summed E-state index contributed by atoms with van der Waals surface area (Å²) in [5.74, 6) is 0. The number of hydrogen-bond acceptors (Lipinski definition) is 6. The molecule has 0 aliphatic heterocycles. The van der Waals surface area contributed by atoms with E-state index < -0.39 is 7.60 Å². The smallest absolute Gasteiger partial charge is 0.363 e. The number of nitrogens with two attached hydrogens (primary N) is 1. The molecule has 0 saturated heterocycles. The van der Waals surface area contributed by atoms with Crippen LogP contribution in [0, 0.1) is 18.3 Å². The zero-order chi connectivity index (χ0) is 13.1. The molecule has 0 aliphatic rings. The van der Waals surface area contributed by atoms with Crippen molar-refractivity contribution in [1.29, 1.82) is 5.26 Å². The second-order valence-electron chi connectivity index (χ2n) is 3.19. The summed E-state index contributed by atoms with van der Waals surface area (Å²) in [7, 11) is -3.43. The highest BCUT2D eigenvalue weighted by molar-refractivity contribution is 7.63. The Labute approximate surface area is 105 Å². The van der Waals surface area contributed by atoms with Gasteiger partial charge in [0.15, 0.2) is 0 Å². The molecule has 0 aliphatic carbocycles. The summed E-state index contributed by atoms with van der Waals surface area (Å²) in [6, 6.07) is 1.96. The minimum absolute atomic E-state index is 0.206. The number of hydrogen-bond donors (Lipinski definition) is 1. The molecule has 1 heterocycles. The van der Waals surface area contributed by atoms with Gasteiger partial charge in [0.25, 0.3) is 0 Å². The Bertz CT molecular complexity index is 482. The lowest BCUT2D eigenvalue weighted by Gasteiger charge is -2.17. The van der Waals surface area contributed by atoms with Gasteiger partial charge in [-0.1, -0.05) is 0 Å². The molecular weight excluding hydrogens is 259 g/mol. The van der Waals surface area contributed by atoms with Gasteiger partial charge in [0.2, 0.25) is 0 Å². The lowest BCUT2D eigenvalue weighted by atomic mass is 10.3. The van der Waals surface area contributed by atoms with Crippen molar-refractivity contribution >= 4 is 29.2 Å². The molecule has 0 radical (unpaired) electrons. The summed E-state index contributed by atoms with van der Waals surface area (Å²) < 4.78 is 23.0. The van der Waals surface area contributed by atoms with Crippen molar-refractivity contribution < 1.29 is 13.6 Å². The van der Waals surface area contributed by atoms with Gasteiger partial charge in [-0.15, -0.1) is 11.3 Å². The largest absolute Gasteiger partial charge is 0.389 e. The van der Waals surface area contributed by atoms with E-state index in [0.717, 1.165) is 0 Å². The van der Waals surface area contributed by atoms with Crippen LogP contribution in [0.1, 0.15) is 24.3 Å². The van der Waals surface area contributed by atoms with Crippen molar-refractivity contribution in [3.63, 3.8) is 0 Å². The highest BCUT2D eigenvalue weighted by Gasteiger charge is 2.34. The number of rotatable bonds is 5. The van der Waals surface area contributed by atoms with Crippen LogP contribution in [0.25, 0.3) is 0 Å². The van der Waals surface area contributed by atoms with Gasteiger partial charge in [0.1, 0.15) is 16.6 Å². The van der Waals surface area contributed by atoms with Crippen LogP contribution in [-0.2, 0) is 13.6 Å². The fourth-order valence-corrected chi connectivity index (χ4v) is 4.67. The minimum atomic E-state index is -3.43. The molecule has 94 valence electrons. The topological polar surface area (TPSA) is 85.3 Å². The maximum atomic E-state index is 12.6. The van der Waals surface area contributed by atoms with Crippen LogP contribution in [0.4, 0.5) is 5.00 Å². The van der Waals surface area contributed by atoms with Crippen LogP contribution < -0.4 is 11.0 Å². The zero-order valence-electron chi connectivity index (χ0n) is 10.0. The van der Waals surface area contributed by atoms with Crippen LogP contribution in [0.15, 0.2) is 0 Å². The van der Waals surface area contributed by atoms with E-state index in [1.165, 1.54) is 11.3 Å². The van der Waals surface area contributed by atoms with Gasteiger partial charge < -0.3 is 14.8 Å². The van der Waals surface area contributed by atoms with Crippen molar-refractivity contribution in [1.82, 2.24) is 0 Å². The molecule has 0 saturated carbocycles. The molecule has 1 rings (SSSR count). The molecule has 0 amide bonds. The molecule has 0 aromatic carbocycles. The van der Waals surface area contributed by atoms with E-state index in [1.54, 1.807) is 20.8 Å². The minimum Gasteiger partial charge on any atom is -0.389 e. The molecule has 5 nitrogen and oxygen atoms in total. The van der Waals surface area contributed by atoms with Crippen molar-refractivity contribution in [2.24, 2.45) is 0 Å². The van der Waals surface area contributed by atoms with E-state index in [4.69, 9.17) is 20.0 Å². The third kappa shape index (κ3) is 2.70. The van der Waals surface area contributed by atoms with E-state index in [9.17, 15) is 4.57 Å². The van der Waals surface area contributed by atoms with Crippen molar-refractivity contribution in [3.05, 3.63) is 10.4 Å². The first-order chi connectivity index (χ1) is 8.00. The van der Waals surface area contributed by atoms with Crippen molar-refractivity contribution in [2.75, 3.05) is 18.9 Å². The Morgan fingerprint density at radius 1 is 1.41 bits per heavy atom.